The summed E-state index contributed by atoms with van der Waals surface area (Å²) in [6.07, 6.45) is 0.762. The van der Waals surface area contributed by atoms with E-state index in [1.165, 1.54) is 5.56 Å². The van der Waals surface area contributed by atoms with Gasteiger partial charge >= 0.3 is 0 Å². The van der Waals surface area contributed by atoms with E-state index in [0.29, 0.717) is 18.0 Å². The van der Waals surface area contributed by atoms with Gasteiger partial charge < -0.3 is 9.42 Å². The van der Waals surface area contributed by atoms with E-state index in [4.69, 9.17) is 4.52 Å². The van der Waals surface area contributed by atoms with Crippen LogP contribution in [0.25, 0.3) is 0 Å². The Morgan fingerprint density at radius 1 is 1.22 bits per heavy atom. The van der Waals surface area contributed by atoms with Crippen LogP contribution in [0.4, 0.5) is 0 Å². The van der Waals surface area contributed by atoms with Gasteiger partial charge in [0.1, 0.15) is 10.6 Å². The van der Waals surface area contributed by atoms with Crippen LogP contribution in [0.3, 0.4) is 0 Å². The van der Waals surface area contributed by atoms with E-state index < -0.39 is 10.0 Å². The van der Waals surface area contributed by atoms with Crippen LogP contribution in [0.15, 0.2) is 39.8 Å². The van der Waals surface area contributed by atoms with Gasteiger partial charge in [0.05, 0.1) is 0 Å². The number of sulfonamides is 1. The molecule has 0 fully saturated rings. The maximum absolute atomic E-state index is 12.5. The van der Waals surface area contributed by atoms with E-state index in [0.717, 1.165) is 6.42 Å². The van der Waals surface area contributed by atoms with Crippen molar-refractivity contribution in [3.05, 3.63) is 47.3 Å². The standard InChI is InChI=1S/C16H23N3O3S/c1-12-16(13(2)22-18-12)23(20,21)17-11-15(19(3)4)10-14-8-6-5-7-9-14/h5-9,15,17H,10-11H2,1-4H3/t15-/m0/s1. The Morgan fingerprint density at radius 3 is 2.39 bits per heavy atom. The summed E-state index contributed by atoms with van der Waals surface area (Å²) in [6, 6.07) is 10.1. The highest BCUT2D eigenvalue weighted by Gasteiger charge is 2.25. The summed E-state index contributed by atoms with van der Waals surface area (Å²) in [7, 11) is 0.252. The second-order valence-corrected chi connectivity index (χ2v) is 7.52. The number of nitrogens with one attached hydrogen (secondary N) is 1. The van der Waals surface area contributed by atoms with Gasteiger partial charge in [-0.05, 0) is 39.9 Å². The number of aryl methyl sites for hydroxylation is 2. The zero-order chi connectivity index (χ0) is 17.0. The fourth-order valence-corrected chi connectivity index (χ4v) is 3.86. The first-order chi connectivity index (χ1) is 10.8. The van der Waals surface area contributed by atoms with Gasteiger partial charge in [-0.1, -0.05) is 35.5 Å². The molecule has 1 N–H and O–H groups in total. The number of nitrogens with zero attached hydrogens (tertiary/aromatic N) is 2. The first kappa shape index (κ1) is 17.7. The molecule has 0 radical (unpaired) electrons. The molecule has 0 unspecified atom stereocenters. The summed E-state index contributed by atoms with van der Waals surface area (Å²) < 4.78 is 32.6. The maximum Gasteiger partial charge on any atom is 0.246 e. The Bertz CT molecular complexity index is 720. The largest absolute Gasteiger partial charge is 0.360 e. The molecular weight excluding hydrogens is 314 g/mol. The van der Waals surface area contributed by atoms with Crippen LogP contribution in [0, 0.1) is 13.8 Å². The maximum atomic E-state index is 12.5. The second kappa shape index (κ2) is 7.25. The molecule has 0 saturated heterocycles. The average molecular weight is 337 g/mol. The second-order valence-electron chi connectivity index (χ2n) is 5.81. The summed E-state index contributed by atoms with van der Waals surface area (Å²) in [5.74, 6) is 0.305. The molecule has 0 amide bonds. The third-order valence-electron chi connectivity index (χ3n) is 3.79. The van der Waals surface area contributed by atoms with E-state index in [1.54, 1.807) is 13.8 Å². The van der Waals surface area contributed by atoms with Crippen molar-refractivity contribution in [2.75, 3.05) is 20.6 Å². The lowest BCUT2D eigenvalue weighted by Gasteiger charge is -2.24. The Labute approximate surface area is 137 Å². The van der Waals surface area contributed by atoms with Crippen LogP contribution >= 0.6 is 0 Å². The predicted octanol–water partition coefficient (Wildman–Crippen LogP) is 1.74. The Morgan fingerprint density at radius 2 is 1.87 bits per heavy atom. The first-order valence-electron chi connectivity index (χ1n) is 7.44. The highest BCUT2D eigenvalue weighted by atomic mass is 32.2. The lowest BCUT2D eigenvalue weighted by atomic mass is 10.1. The molecule has 1 aromatic heterocycles. The molecule has 23 heavy (non-hydrogen) atoms. The Kier molecular flexibility index (Phi) is 5.56. The van der Waals surface area contributed by atoms with Crippen molar-refractivity contribution in [2.24, 2.45) is 0 Å². The smallest absolute Gasteiger partial charge is 0.246 e. The molecular formula is C16H23N3O3S. The number of hydrogen-bond acceptors (Lipinski definition) is 5. The van der Waals surface area contributed by atoms with Crippen molar-refractivity contribution in [3.63, 3.8) is 0 Å². The van der Waals surface area contributed by atoms with Crippen molar-refractivity contribution in [1.82, 2.24) is 14.8 Å². The van der Waals surface area contributed by atoms with Crippen molar-refractivity contribution in [3.8, 4) is 0 Å². The molecule has 7 heteroatoms. The molecule has 2 aromatic rings. The lowest BCUT2D eigenvalue weighted by molar-refractivity contribution is 0.291. The molecule has 0 aliphatic heterocycles. The third-order valence-corrected chi connectivity index (χ3v) is 5.46. The quantitative estimate of drug-likeness (QED) is 0.833. The van der Waals surface area contributed by atoms with Crippen molar-refractivity contribution in [2.45, 2.75) is 31.2 Å². The van der Waals surface area contributed by atoms with E-state index in [2.05, 4.69) is 9.88 Å². The van der Waals surface area contributed by atoms with Gasteiger partial charge in [-0.3, -0.25) is 0 Å². The van der Waals surface area contributed by atoms with E-state index in [1.807, 2.05) is 49.3 Å². The summed E-state index contributed by atoms with van der Waals surface area (Å²) in [4.78, 5) is 2.15. The molecule has 1 atom stereocenters. The van der Waals surface area contributed by atoms with E-state index in [9.17, 15) is 8.42 Å². The zero-order valence-electron chi connectivity index (χ0n) is 13.9. The third kappa shape index (κ3) is 4.40. The van der Waals surface area contributed by atoms with Crippen molar-refractivity contribution in [1.29, 1.82) is 0 Å². The molecule has 1 heterocycles. The van der Waals surface area contributed by atoms with Crippen LogP contribution in [-0.4, -0.2) is 45.2 Å². The number of hydrogen-bond donors (Lipinski definition) is 1. The van der Waals surface area contributed by atoms with Crippen LogP contribution in [0.1, 0.15) is 17.0 Å². The predicted molar refractivity (Wildman–Crippen MR) is 88.8 cm³/mol. The molecule has 2 rings (SSSR count). The van der Waals surface area contributed by atoms with Gasteiger partial charge in [0, 0.05) is 12.6 Å². The van der Waals surface area contributed by atoms with Crippen LogP contribution < -0.4 is 4.72 Å². The van der Waals surface area contributed by atoms with Gasteiger partial charge in [0.15, 0.2) is 5.76 Å². The van der Waals surface area contributed by atoms with E-state index in [-0.39, 0.29) is 10.9 Å². The van der Waals surface area contributed by atoms with Gasteiger partial charge in [-0.15, -0.1) is 0 Å². The Hall–Kier alpha value is -1.70. The highest BCUT2D eigenvalue weighted by molar-refractivity contribution is 7.89. The molecule has 126 valence electrons. The number of likely N-dealkylation sites (N-methyl/N-ethyl adjacent to an activating group) is 1. The summed E-state index contributed by atoms with van der Waals surface area (Å²) in [5.41, 5.74) is 1.54. The van der Waals surface area contributed by atoms with Gasteiger partial charge in [-0.2, -0.15) is 0 Å². The fraction of sp³-hybridized carbons (Fsp3) is 0.438. The molecule has 0 saturated carbocycles. The van der Waals surface area contributed by atoms with Crippen LogP contribution in [-0.2, 0) is 16.4 Å². The highest BCUT2D eigenvalue weighted by Crippen LogP contribution is 2.18. The van der Waals surface area contributed by atoms with Gasteiger partial charge in [0.2, 0.25) is 10.0 Å². The Balaban J connectivity index is 2.10. The summed E-state index contributed by atoms with van der Waals surface area (Å²) in [6.45, 7) is 3.54. The zero-order valence-corrected chi connectivity index (χ0v) is 14.7. The number of benzene rings is 1. The van der Waals surface area contributed by atoms with Crippen LogP contribution in [0.5, 0.6) is 0 Å². The molecule has 1 aromatic carbocycles. The van der Waals surface area contributed by atoms with Crippen molar-refractivity contribution >= 4 is 10.0 Å². The van der Waals surface area contributed by atoms with Crippen LogP contribution in [0.2, 0.25) is 0 Å². The monoisotopic (exact) mass is 337 g/mol. The lowest BCUT2D eigenvalue weighted by Crippen LogP contribution is -2.41. The minimum Gasteiger partial charge on any atom is -0.360 e. The average Bonchev–Trinajstić information content (AvgIpc) is 2.84. The molecule has 0 aliphatic carbocycles. The summed E-state index contributed by atoms with van der Waals surface area (Å²) in [5, 5.41) is 3.71. The molecule has 0 aliphatic rings. The number of rotatable bonds is 7. The normalized spacial score (nSPS) is 13.4. The summed E-state index contributed by atoms with van der Waals surface area (Å²) >= 11 is 0. The fourth-order valence-electron chi connectivity index (χ4n) is 2.46. The minimum atomic E-state index is -3.63. The molecule has 6 nitrogen and oxygen atoms in total. The van der Waals surface area contributed by atoms with Gasteiger partial charge in [-0.25, -0.2) is 13.1 Å². The molecule has 0 spiro atoms. The first-order valence-corrected chi connectivity index (χ1v) is 8.92. The topological polar surface area (TPSA) is 75.4 Å². The SMILES string of the molecule is Cc1noc(C)c1S(=O)(=O)NC[C@H](Cc1ccccc1)N(C)C. The minimum absolute atomic E-state index is 0.0487. The number of aromatic nitrogens is 1. The van der Waals surface area contributed by atoms with E-state index >= 15 is 0 Å². The van der Waals surface area contributed by atoms with Gasteiger partial charge in [0.25, 0.3) is 0 Å². The molecule has 0 bridgehead atoms. The van der Waals surface area contributed by atoms with Crippen molar-refractivity contribution < 1.29 is 12.9 Å².